The SMILES string of the molecule is CC(=O)Cc1cc(C)nc2nc(SCc3ccccc3)nn12. The molecular formula is C16H16N4OS. The van der Waals surface area contributed by atoms with Gasteiger partial charge in [-0.3, -0.25) is 4.79 Å². The second-order valence-corrected chi connectivity index (χ2v) is 6.09. The van der Waals surface area contributed by atoms with Crippen LogP contribution < -0.4 is 0 Å². The second kappa shape index (κ2) is 6.27. The number of ketones is 1. The highest BCUT2D eigenvalue weighted by atomic mass is 32.2. The van der Waals surface area contributed by atoms with Gasteiger partial charge in [0.1, 0.15) is 5.78 Å². The molecule has 5 nitrogen and oxygen atoms in total. The molecule has 0 saturated heterocycles. The van der Waals surface area contributed by atoms with Gasteiger partial charge in [0.25, 0.3) is 5.78 Å². The van der Waals surface area contributed by atoms with E-state index in [-0.39, 0.29) is 5.78 Å². The summed E-state index contributed by atoms with van der Waals surface area (Å²) >= 11 is 1.56. The summed E-state index contributed by atoms with van der Waals surface area (Å²) in [6, 6.07) is 12.1. The van der Waals surface area contributed by atoms with E-state index in [2.05, 4.69) is 27.2 Å². The first kappa shape index (κ1) is 14.7. The maximum Gasteiger partial charge on any atom is 0.253 e. The third kappa shape index (κ3) is 3.33. The number of fused-ring (bicyclic) bond motifs is 1. The fourth-order valence-corrected chi connectivity index (χ4v) is 2.98. The summed E-state index contributed by atoms with van der Waals surface area (Å²) in [5.41, 5.74) is 2.89. The highest BCUT2D eigenvalue weighted by Crippen LogP contribution is 2.20. The smallest absolute Gasteiger partial charge is 0.253 e. The van der Waals surface area contributed by atoms with Gasteiger partial charge in [0.2, 0.25) is 5.16 Å². The van der Waals surface area contributed by atoms with Crippen molar-refractivity contribution in [3.63, 3.8) is 0 Å². The van der Waals surface area contributed by atoms with Crippen LogP contribution in [-0.2, 0) is 17.0 Å². The Bertz CT molecular complexity index is 814. The summed E-state index contributed by atoms with van der Waals surface area (Å²) in [5.74, 6) is 1.45. The minimum absolute atomic E-state index is 0.0980. The first-order chi connectivity index (χ1) is 10.6. The molecule has 3 rings (SSSR count). The molecule has 0 radical (unpaired) electrons. The van der Waals surface area contributed by atoms with Crippen molar-refractivity contribution in [1.29, 1.82) is 0 Å². The van der Waals surface area contributed by atoms with Crippen molar-refractivity contribution in [2.45, 2.75) is 31.2 Å². The standard InChI is InChI=1S/C16H16N4OS/c1-11-8-14(9-12(2)21)20-15(17-11)18-16(19-20)22-10-13-6-4-3-5-7-13/h3-8H,9-10H2,1-2H3. The highest BCUT2D eigenvalue weighted by molar-refractivity contribution is 7.98. The number of nitrogens with zero attached hydrogens (tertiary/aromatic N) is 4. The molecule has 0 N–H and O–H groups in total. The summed E-state index contributed by atoms with van der Waals surface area (Å²) < 4.78 is 1.67. The molecule has 0 unspecified atom stereocenters. The molecule has 0 bridgehead atoms. The van der Waals surface area contributed by atoms with E-state index < -0.39 is 0 Å². The van der Waals surface area contributed by atoms with Crippen LogP contribution in [0, 0.1) is 6.92 Å². The van der Waals surface area contributed by atoms with Crippen LogP contribution in [0.1, 0.15) is 23.9 Å². The number of rotatable bonds is 5. The first-order valence-corrected chi connectivity index (χ1v) is 8.00. The molecule has 3 aromatic rings. The Kier molecular flexibility index (Phi) is 4.20. The molecule has 2 heterocycles. The van der Waals surface area contributed by atoms with Gasteiger partial charge in [-0.1, -0.05) is 42.1 Å². The minimum Gasteiger partial charge on any atom is -0.300 e. The number of hydrogen-bond acceptors (Lipinski definition) is 5. The summed E-state index contributed by atoms with van der Waals surface area (Å²) in [4.78, 5) is 20.2. The van der Waals surface area contributed by atoms with Gasteiger partial charge >= 0.3 is 0 Å². The van der Waals surface area contributed by atoms with Crippen LogP contribution >= 0.6 is 11.8 Å². The molecule has 22 heavy (non-hydrogen) atoms. The number of benzene rings is 1. The number of carbonyl (C=O) groups is 1. The molecular weight excluding hydrogens is 296 g/mol. The van der Waals surface area contributed by atoms with Crippen molar-refractivity contribution < 1.29 is 4.79 Å². The van der Waals surface area contributed by atoms with E-state index in [1.807, 2.05) is 31.2 Å². The summed E-state index contributed by atoms with van der Waals surface area (Å²) in [6.45, 7) is 3.47. The molecule has 0 spiro atoms. The van der Waals surface area contributed by atoms with Crippen LogP contribution in [0.5, 0.6) is 0 Å². The Morgan fingerprint density at radius 2 is 2.00 bits per heavy atom. The first-order valence-electron chi connectivity index (χ1n) is 7.01. The van der Waals surface area contributed by atoms with Crippen LogP contribution in [0.15, 0.2) is 41.6 Å². The molecule has 0 atom stereocenters. The lowest BCUT2D eigenvalue weighted by Gasteiger charge is -2.02. The Morgan fingerprint density at radius 1 is 1.23 bits per heavy atom. The number of hydrogen-bond donors (Lipinski definition) is 0. The van der Waals surface area contributed by atoms with Gasteiger partial charge in [-0.25, -0.2) is 4.98 Å². The third-order valence-corrected chi connectivity index (χ3v) is 4.04. The van der Waals surface area contributed by atoms with E-state index in [0.29, 0.717) is 17.4 Å². The summed E-state index contributed by atoms with van der Waals surface area (Å²) in [5, 5.41) is 5.15. The third-order valence-electron chi connectivity index (χ3n) is 3.14. The Morgan fingerprint density at radius 3 is 2.73 bits per heavy atom. The zero-order valence-corrected chi connectivity index (χ0v) is 13.3. The largest absolute Gasteiger partial charge is 0.300 e. The van der Waals surface area contributed by atoms with E-state index in [1.165, 1.54) is 5.56 Å². The van der Waals surface area contributed by atoms with Crippen molar-refractivity contribution in [3.05, 3.63) is 53.3 Å². The lowest BCUT2D eigenvalue weighted by molar-refractivity contribution is -0.116. The second-order valence-electron chi connectivity index (χ2n) is 5.15. The van der Waals surface area contributed by atoms with Gasteiger partial charge in [-0.2, -0.15) is 9.50 Å². The van der Waals surface area contributed by atoms with Gasteiger partial charge in [0.15, 0.2) is 0 Å². The fourth-order valence-electron chi connectivity index (χ4n) is 2.21. The molecule has 112 valence electrons. The summed E-state index contributed by atoms with van der Waals surface area (Å²) in [7, 11) is 0. The van der Waals surface area contributed by atoms with Gasteiger partial charge < -0.3 is 0 Å². The molecule has 0 amide bonds. The monoisotopic (exact) mass is 312 g/mol. The molecule has 0 fully saturated rings. The van der Waals surface area contributed by atoms with E-state index in [1.54, 1.807) is 23.2 Å². The van der Waals surface area contributed by atoms with Crippen molar-refractivity contribution in [2.24, 2.45) is 0 Å². The maximum atomic E-state index is 11.4. The fraction of sp³-hybridized carbons (Fsp3) is 0.250. The van der Waals surface area contributed by atoms with Gasteiger partial charge in [-0.15, -0.1) is 5.10 Å². The van der Waals surface area contributed by atoms with E-state index in [4.69, 9.17) is 0 Å². The number of thioether (sulfide) groups is 1. The van der Waals surface area contributed by atoms with E-state index in [9.17, 15) is 4.79 Å². The van der Waals surface area contributed by atoms with Crippen LogP contribution in [0.3, 0.4) is 0 Å². The zero-order valence-electron chi connectivity index (χ0n) is 12.5. The molecule has 0 aliphatic rings. The lowest BCUT2D eigenvalue weighted by atomic mass is 10.2. The minimum atomic E-state index is 0.0980. The average Bonchev–Trinajstić information content (AvgIpc) is 2.88. The zero-order chi connectivity index (χ0) is 15.5. The molecule has 1 aromatic carbocycles. The van der Waals surface area contributed by atoms with E-state index >= 15 is 0 Å². The summed E-state index contributed by atoms with van der Waals surface area (Å²) in [6.07, 6.45) is 0.339. The van der Waals surface area contributed by atoms with Gasteiger partial charge in [0.05, 0.1) is 5.69 Å². The molecule has 0 aliphatic heterocycles. The topological polar surface area (TPSA) is 60.2 Å². The molecule has 2 aromatic heterocycles. The number of carbonyl (C=O) groups excluding carboxylic acids is 1. The van der Waals surface area contributed by atoms with Gasteiger partial charge in [0, 0.05) is 17.9 Å². The Balaban J connectivity index is 1.87. The normalized spacial score (nSPS) is 11.0. The maximum absolute atomic E-state index is 11.4. The van der Waals surface area contributed by atoms with E-state index in [0.717, 1.165) is 17.1 Å². The van der Waals surface area contributed by atoms with Crippen LogP contribution in [-0.4, -0.2) is 25.4 Å². The number of Topliss-reactive ketones (excluding diaryl/α,β-unsaturated/α-hetero) is 1. The average molecular weight is 312 g/mol. The Labute approximate surface area is 132 Å². The highest BCUT2D eigenvalue weighted by Gasteiger charge is 2.11. The van der Waals surface area contributed by atoms with Crippen molar-refractivity contribution in [1.82, 2.24) is 19.6 Å². The van der Waals surface area contributed by atoms with Crippen LogP contribution in [0.4, 0.5) is 0 Å². The number of aryl methyl sites for hydroxylation is 1. The predicted molar refractivity (Wildman–Crippen MR) is 85.9 cm³/mol. The van der Waals surface area contributed by atoms with Crippen molar-refractivity contribution in [3.8, 4) is 0 Å². The molecule has 0 aliphatic carbocycles. The molecule has 0 saturated carbocycles. The van der Waals surface area contributed by atoms with Crippen molar-refractivity contribution in [2.75, 3.05) is 0 Å². The quantitative estimate of drug-likeness (QED) is 0.678. The predicted octanol–water partition coefficient (Wildman–Crippen LogP) is 2.86. The Hall–Kier alpha value is -2.21. The number of aromatic nitrogens is 4. The van der Waals surface area contributed by atoms with Gasteiger partial charge in [-0.05, 0) is 25.5 Å². The van der Waals surface area contributed by atoms with Crippen LogP contribution in [0.25, 0.3) is 5.78 Å². The van der Waals surface area contributed by atoms with Crippen molar-refractivity contribution >= 4 is 23.3 Å². The molecule has 6 heteroatoms. The lowest BCUT2D eigenvalue weighted by Crippen LogP contribution is -2.06. The van der Waals surface area contributed by atoms with Crippen LogP contribution in [0.2, 0.25) is 0 Å².